The van der Waals surface area contributed by atoms with E-state index in [1.165, 1.54) is 11.3 Å². The van der Waals surface area contributed by atoms with Crippen molar-refractivity contribution >= 4 is 5.69 Å². The maximum Gasteiger partial charge on any atom is 0.131 e. The summed E-state index contributed by atoms with van der Waals surface area (Å²) in [6.07, 6.45) is 8.44. The molecule has 2 aliphatic heterocycles. The monoisotopic (exact) mass is 299 g/mol. The van der Waals surface area contributed by atoms with Crippen LogP contribution in [0.5, 0.6) is 0 Å². The van der Waals surface area contributed by atoms with Crippen LogP contribution in [0.25, 0.3) is 0 Å². The van der Waals surface area contributed by atoms with E-state index < -0.39 is 6.23 Å². The number of benzene rings is 1. The Bertz CT molecular complexity index is 530. The molecule has 1 fully saturated rings. The highest BCUT2D eigenvalue weighted by atomic mass is 16.3. The van der Waals surface area contributed by atoms with E-state index >= 15 is 0 Å². The number of hydrogen-bond acceptors (Lipinski definition) is 4. The summed E-state index contributed by atoms with van der Waals surface area (Å²) in [7, 11) is 0. The Morgan fingerprint density at radius 3 is 2.45 bits per heavy atom. The van der Waals surface area contributed by atoms with Gasteiger partial charge in [0.2, 0.25) is 0 Å². The van der Waals surface area contributed by atoms with Gasteiger partial charge in [-0.25, -0.2) is 0 Å². The summed E-state index contributed by atoms with van der Waals surface area (Å²) in [5.74, 6) is 0. The minimum absolute atomic E-state index is 0.0135. The fourth-order valence-corrected chi connectivity index (χ4v) is 3.06. The number of nitrogens with one attached hydrogen (secondary N) is 1. The molecule has 118 valence electrons. The summed E-state index contributed by atoms with van der Waals surface area (Å²) in [5.41, 5.74) is 2.66. The van der Waals surface area contributed by atoms with Crippen LogP contribution in [0.4, 0.5) is 5.69 Å². The van der Waals surface area contributed by atoms with Gasteiger partial charge in [0.15, 0.2) is 0 Å². The molecular formula is C18H25N3O. The molecule has 1 aromatic carbocycles. The van der Waals surface area contributed by atoms with Crippen molar-refractivity contribution in [1.82, 2.24) is 10.2 Å². The van der Waals surface area contributed by atoms with E-state index in [9.17, 15) is 5.11 Å². The topological polar surface area (TPSA) is 38.7 Å². The smallest absolute Gasteiger partial charge is 0.131 e. The molecule has 2 unspecified atom stereocenters. The van der Waals surface area contributed by atoms with E-state index in [1.807, 2.05) is 24.4 Å². The van der Waals surface area contributed by atoms with Crippen LogP contribution in [0, 0.1) is 0 Å². The Kier molecular flexibility index (Phi) is 4.80. The minimum atomic E-state index is -0.467. The third-order valence-corrected chi connectivity index (χ3v) is 4.53. The number of anilines is 1. The largest absolute Gasteiger partial charge is 0.381 e. The third kappa shape index (κ3) is 3.34. The van der Waals surface area contributed by atoms with Gasteiger partial charge < -0.3 is 15.3 Å². The first-order chi connectivity index (χ1) is 10.8. The molecule has 0 aromatic heterocycles. The van der Waals surface area contributed by atoms with Crippen LogP contribution in [-0.2, 0) is 6.42 Å². The molecule has 4 nitrogen and oxygen atoms in total. The summed E-state index contributed by atoms with van der Waals surface area (Å²) in [5, 5.41) is 13.7. The highest BCUT2D eigenvalue weighted by Gasteiger charge is 2.27. The summed E-state index contributed by atoms with van der Waals surface area (Å²) >= 11 is 0. The molecule has 0 saturated carbocycles. The number of aliphatic hydroxyl groups is 1. The first-order valence-corrected chi connectivity index (χ1v) is 8.13. The van der Waals surface area contributed by atoms with Gasteiger partial charge in [-0.1, -0.05) is 31.2 Å². The van der Waals surface area contributed by atoms with Gasteiger partial charge in [0, 0.05) is 31.9 Å². The molecule has 1 saturated heterocycles. The van der Waals surface area contributed by atoms with Crippen molar-refractivity contribution in [2.24, 2.45) is 0 Å². The zero-order valence-electron chi connectivity index (χ0n) is 13.2. The van der Waals surface area contributed by atoms with Crippen LogP contribution in [0.3, 0.4) is 0 Å². The molecule has 0 spiro atoms. The van der Waals surface area contributed by atoms with Crippen molar-refractivity contribution in [3.05, 3.63) is 54.3 Å². The van der Waals surface area contributed by atoms with Crippen LogP contribution >= 0.6 is 0 Å². The van der Waals surface area contributed by atoms with Crippen molar-refractivity contribution in [3.63, 3.8) is 0 Å². The van der Waals surface area contributed by atoms with Crippen molar-refractivity contribution < 1.29 is 5.11 Å². The van der Waals surface area contributed by atoms with E-state index in [-0.39, 0.29) is 6.04 Å². The van der Waals surface area contributed by atoms with E-state index in [0.717, 1.165) is 32.6 Å². The molecular weight excluding hydrogens is 274 g/mol. The van der Waals surface area contributed by atoms with Gasteiger partial charge in [-0.3, -0.25) is 4.90 Å². The molecule has 0 bridgehead atoms. The number of aryl methyl sites for hydroxylation is 1. The lowest BCUT2D eigenvalue weighted by Crippen LogP contribution is -2.55. The highest BCUT2D eigenvalue weighted by Crippen LogP contribution is 2.19. The zero-order valence-corrected chi connectivity index (χ0v) is 13.2. The van der Waals surface area contributed by atoms with E-state index in [2.05, 4.69) is 46.3 Å². The quantitative estimate of drug-likeness (QED) is 0.888. The maximum atomic E-state index is 10.5. The van der Waals surface area contributed by atoms with Crippen LogP contribution in [0.2, 0.25) is 0 Å². The van der Waals surface area contributed by atoms with Gasteiger partial charge in [0.05, 0.1) is 6.04 Å². The van der Waals surface area contributed by atoms with Crippen LogP contribution in [-0.4, -0.2) is 48.5 Å². The van der Waals surface area contributed by atoms with Crippen molar-refractivity contribution in [3.8, 4) is 0 Å². The van der Waals surface area contributed by atoms with Gasteiger partial charge in [-0.15, -0.1) is 0 Å². The van der Waals surface area contributed by atoms with E-state index in [4.69, 9.17) is 0 Å². The van der Waals surface area contributed by atoms with Crippen LogP contribution in [0.15, 0.2) is 48.7 Å². The highest BCUT2D eigenvalue weighted by molar-refractivity contribution is 5.48. The summed E-state index contributed by atoms with van der Waals surface area (Å²) in [4.78, 5) is 4.55. The van der Waals surface area contributed by atoms with E-state index in [1.54, 1.807) is 0 Å². The fourth-order valence-electron chi connectivity index (χ4n) is 3.06. The number of allylic oxidation sites excluding steroid dienone is 2. The average molecular weight is 299 g/mol. The van der Waals surface area contributed by atoms with Crippen molar-refractivity contribution in [1.29, 1.82) is 0 Å². The fraction of sp³-hybridized carbons (Fsp3) is 0.444. The molecule has 2 aliphatic rings. The molecule has 2 N–H and O–H groups in total. The summed E-state index contributed by atoms with van der Waals surface area (Å²) < 4.78 is 0. The Morgan fingerprint density at radius 2 is 1.86 bits per heavy atom. The number of rotatable bonds is 4. The lowest BCUT2D eigenvalue weighted by atomic mass is 10.1. The number of hydrogen-bond donors (Lipinski definition) is 2. The Morgan fingerprint density at radius 1 is 1.14 bits per heavy atom. The molecule has 1 aromatic rings. The van der Waals surface area contributed by atoms with Crippen LogP contribution < -0.4 is 10.2 Å². The second-order valence-electron chi connectivity index (χ2n) is 5.89. The average Bonchev–Trinajstić information content (AvgIpc) is 2.62. The standard InChI is InChI=1S/C18H25N3O/c1-2-15-6-8-16(9-7-15)20-11-13-21(14-12-20)18(22)17-5-3-4-10-19-17/h3-10,17-19,22H,2,11-14H2,1H3. The van der Waals surface area contributed by atoms with Crippen molar-refractivity contribution in [2.45, 2.75) is 25.6 Å². The predicted octanol–water partition coefficient (Wildman–Crippen LogP) is 1.73. The third-order valence-electron chi connectivity index (χ3n) is 4.53. The van der Waals surface area contributed by atoms with Gasteiger partial charge in [-0.2, -0.15) is 0 Å². The molecule has 3 rings (SSSR count). The Hall–Kier alpha value is -1.78. The molecule has 22 heavy (non-hydrogen) atoms. The number of dihydropyridines is 1. The predicted molar refractivity (Wildman–Crippen MR) is 90.8 cm³/mol. The van der Waals surface area contributed by atoms with Gasteiger partial charge >= 0.3 is 0 Å². The van der Waals surface area contributed by atoms with Gasteiger partial charge in [0.1, 0.15) is 6.23 Å². The first-order valence-electron chi connectivity index (χ1n) is 8.13. The van der Waals surface area contributed by atoms with Gasteiger partial charge in [-0.05, 0) is 36.4 Å². The van der Waals surface area contributed by atoms with Gasteiger partial charge in [0.25, 0.3) is 0 Å². The molecule has 0 amide bonds. The lowest BCUT2D eigenvalue weighted by Gasteiger charge is -2.40. The molecule has 2 atom stereocenters. The van der Waals surface area contributed by atoms with Crippen LogP contribution in [0.1, 0.15) is 12.5 Å². The zero-order chi connectivity index (χ0) is 15.4. The SMILES string of the molecule is CCc1ccc(N2CCN(C(O)C3C=CC=CN3)CC2)cc1. The number of aliphatic hydroxyl groups excluding tert-OH is 1. The Balaban J connectivity index is 1.55. The molecule has 0 aliphatic carbocycles. The lowest BCUT2D eigenvalue weighted by molar-refractivity contribution is -0.0135. The Labute approximate surface area is 132 Å². The van der Waals surface area contributed by atoms with Crippen molar-refractivity contribution in [2.75, 3.05) is 31.1 Å². The van der Waals surface area contributed by atoms with E-state index in [0.29, 0.717) is 0 Å². The summed E-state index contributed by atoms with van der Waals surface area (Å²) in [6, 6.07) is 8.82. The second-order valence-corrected chi connectivity index (χ2v) is 5.89. The second kappa shape index (κ2) is 6.99. The summed E-state index contributed by atoms with van der Waals surface area (Å²) in [6.45, 7) is 5.85. The molecule has 4 heteroatoms. The number of piperazine rings is 1. The normalized spacial score (nSPS) is 23.4. The molecule has 2 heterocycles. The molecule has 0 radical (unpaired) electrons. The maximum absolute atomic E-state index is 10.5. The minimum Gasteiger partial charge on any atom is -0.381 e. The first kappa shape index (κ1) is 15.1. The number of nitrogens with zero attached hydrogens (tertiary/aromatic N) is 2.